The fourth-order valence-corrected chi connectivity index (χ4v) is 3.43. The molecular weight excluding hydrogens is 344 g/mol. The smallest absolute Gasteiger partial charge is 0.272 e. The molecule has 1 aliphatic heterocycles. The number of aromatic amines is 1. The second kappa shape index (κ2) is 7.32. The Morgan fingerprint density at radius 3 is 3.00 bits per heavy atom. The standard InChI is InChI=1S/C19H22N6O2/c1-12(17-15-5-2-3-6-16(15)19(27)23-22-17)18(26)21-10-13-9-14-11-20-7-4-8-25(14)24-13/h2-3,5-6,9,12,20H,4,7-8,10-11H2,1H3,(H,21,26)(H,23,27)/t12-/m0/s1. The second-order valence-corrected chi connectivity index (χ2v) is 6.80. The van der Waals surface area contributed by atoms with Crippen molar-refractivity contribution in [3.8, 4) is 0 Å². The molecule has 140 valence electrons. The number of fused-ring (bicyclic) bond motifs is 2. The van der Waals surface area contributed by atoms with Crippen LogP contribution in [-0.2, 0) is 24.4 Å². The van der Waals surface area contributed by atoms with Crippen molar-refractivity contribution in [1.29, 1.82) is 0 Å². The van der Waals surface area contributed by atoms with Crippen LogP contribution in [-0.4, -0.2) is 32.4 Å². The summed E-state index contributed by atoms with van der Waals surface area (Å²) in [7, 11) is 0. The molecule has 3 heterocycles. The first kappa shape index (κ1) is 17.4. The number of carbonyl (C=O) groups excluding carboxylic acids is 1. The summed E-state index contributed by atoms with van der Waals surface area (Å²) >= 11 is 0. The molecule has 4 rings (SSSR count). The lowest BCUT2D eigenvalue weighted by atomic mass is 10.0. The van der Waals surface area contributed by atoms with Crippen molar-refractivity contribution in [2.45, 2.75) is 38.9 Å². The summed E-state index contributed by atoms with van der Waals surface area (Å²) in [6, 6.07) is 9.21. The highest BCUT2D eigenvalue weighted by molar-refractivity contribution is 5.90. The van der Waals surface area contributed by atoms with Gasteiger partial charge >= 0.3 is 0 Å². The molecule has 1 aromatic carbocycles. The summed E-state index contributed by atoms with van der Waals surface area (Å²) in [6.45, 7) is 4.83. The molecule has 1 amide bonds. The lowest BCUT2D eigenvalue weighted by Gasteiger charge is -2.13. The normalized spacial score (nSPS) is 15.1. The zero-order valence-electron chi connectivity index (χ0n) is 15.2. The number of aryl methyl sites for hydroxylation is 1. The predicted molar refractivity (Wildman–Crippen MR) is 101 cm³/mol. The third kappa shape index (κ3) is 3.48. The number of carbonyl (C=O) groups is 1. The summed E-state index contributed by atoms with van der Waals surface area (Å²) in [5.41, 5.74) is 2.29. The van der Waals surface area contributed by atoms with E-state index in [4.69, 9.17) is 0 Å². The van der Waals surface area contributed by atoms with E-state index in [1.54, 1.807) is 19.1 Å². The van der Waals surface area contributed by atoms with Crippen LogP contribution >= 0.6 is 0 Å². The molecule has 0 unspecified atom stereocenters. The van der Waals surface area contributed by atoms with Gasteiger partial charge in [0.1, 0.15) is 0 Å². The van der Waals surface area contributed by atoms with E-state index in [0.29, 0.717) is 23.0 Å². The van der Waals surface area contributed by atoms with E-state index in [2.05, 4.69) is 25.9 Å². The van der Waals surface area contributed by atoms with Crippen molar-refractivity contribution in [3.63, 3.8) is 0 Å². The Labute approximate surface area is 156 Å². The minimum atomic E-state index is -0.492. The predicted octanol–water partition coefficient (Wildman–Crippen LogP) is 1.03. The second-order valence-electron chi connectivity index (χ2n) is 6.80. The molecule has 3 aromatic rings. The van der Waals surface area contributed by atoms with Crippen LogP contribution in [0.15, 0.2) is 35.1 Å². The Morgan fingerprint density at radius 1 is 1.33 bits per heavy atom. The van der Waals surface area contributed by atoms with Crippen LogP contribution in [0.5, 0.6) is 0 Å². The van der Waals surface area contributed by atoms with E-state index >= 15 is 0 Å². The first-order valence-electron chi connectivity index (χ1n) is 9.15. The summed E-state index contributed by atoms with van der Waals surface area (Å²) in [5.74, 6) is -0.644. The van der Waals surface area contributed by atoms with Crippen molar-refractivity contribution in [2.75, 3.05) is 6.54 Å². The van der Waals surface area contributed by atoms with Gasteiger partial charge in [-0.05, 0) is 32.0 Å². The highest BCUT2D eigenvalue weighted by Gasteiger charge is 2.21. The van der Waals surface area contributed by atoms with Crippen molar-refractivity contribution in [3.05, 3.63) is 57.8 Å². The Kier molecular flexibility index (Phi) is 4.72. The third-order valence-electron chi connectivity index (χ3n) is 4.92. The van der Waals surface area contributed by atoms with Gasteiger partial charge in [-0.3, -0.25) is 14.3 Å². The Balaban J connectivity index is 1.49. The van der Waals surface area contributed by atoms with Crippen LogP contribution in [0.4, 0.5) is 0 Å². The highest BCUT2D eigenvalue weighted by atomic mass is 16.2. The Hall–Kier alpha value is -3.00. The molecule has 0 aliphatic carbocycles. The number of rotatable bonds is 4. The van der Waals surface area contributed by atoms with E-state index in [-0.39, 0.29) is 11.5 Å². The maximum Gasteiger partial charge on any atom is 0.272 e. The molecule has 0 spiro atoms. The maximum absolute atomic E-state index is 12.7. The summed E-state index contributed by atoms with van der Waals surface area (Å²) in [5, 5.41) is 18.7. The number of nitrogens with zero attached hydrogens (tertiary/aromatic N) is 3. The summed E-state index contributed by atoms with van der Waals surface area (Å²) in [4.78, 5) is 24.6. The molecule has 2 aromatic heterocycles. The Bertz CT molecular complexity index is 1010. The molecule has 0 radical (unpaired) electrons. The average molecular weight is 366 g/mol. The van der Waals surface area contributed by atoms with Crippen molar-refractivity contribution < 1.29 is 4.79 Å². The van der Waals surface area contributed by atoms with Gasteiger partial charge in [0.15, 0.2) is 0 Å². The minimum Gasteiger partial charge on any atom is -0.350 e. The topological polar surface area (TPSA) is 105 Å². The molecular formula is C19H22N6O2. The van der Waals surface area contributed by atoms with E-state index in [1.165, 1.54) is 0 Å². The number of aromatic nitrogens is 4. The number of nitrogens with one attached hydrogen (secondary N) is 3. The van der Waals surface area contributed by atoms with Crippen LogP contribution in [0.25, 0.3) is 10.8 Å². The fraction of sp³-hybridized carbons (Fsp3) is 0.368. The molecule has 1 aliphatic rings. The van der Waals surface area contributed by atoms with Crippen LogP contribution in [0.2, 0.25) is 0 Å². The zero-order valence-corrected chi connectivity index (χ0v) is 15.2. The molecule has 0 saturated carbocycles. The molecule has 0 bridgehead atoms. The summed E-state index contributed by atoms with van der Waals surface area (Å²) in [6.07, 6.45) is 1.04. The first-order valence-corrected chi connectivity index (χ1v) is 9.15. The van der Waals surface area contributed by atoms with Gasteiger partial charge in [-0.2, -0.15) is 10.2 Å². The number of hydrogen-bond donors (Lipinski definition) is 3. The van der Waals surface area contributed by atoms with Crippen LogP contribution in [0.1, 0.15) is 36.3 Å². The molecule has 0 fully saturated rings. The van der Waals surface area contributed by atoms with Crippen LogP contribution < -0.4 is 16.2 Å². The molecule has 1 atom stereocenters. The maximum atomic E-state index is 12.7. The SMILES string of the molecule is C[C@H](C(=O)NCc1cc2n(n1)CCCNC2)c1n[nH]c(=O)c2ccccc12. The minimum absolute atomic E-state index is 0.152. The van der Waals surface area contributed by atoms with E-state index in [9.17, 15) is 9.59 Å². The molecule has 0 saturated heterocycles. The number of hydrogen-bond acceptors (Lipinski definition) is 5. The lowest BCUT2D eigenvalue weighted by Crippen LogP contribution is -2.29. The van der Waals surface area contributed by atoms with Crippen molar-refractivity contribution >= 4 is 16.7 Å². The average Bonchev–Trinajstić information content (AvgIpc) is 2.95. The number of benzene rings is 1. The molecule has 8 nitrogen and oxygen atoms in total. The monoisotopic (exact) mass is 366 g/mol. The van der Waals surface area contributed by atoms with Gasteiger partial charge in [0.05, 0.1) is 34.9 Å². The third-order valence-corrected chi connectivity index (χ3v) is 4.92. The zero-order chi connectivity index (χ0) is 18.8. The van der Waals surface area contributed by atoms with Gasteiger partial charge in [0.2, 0.25) is 5.91 Å². The van der Waals surface area contributed by atoms with Crippen molar-refractivity contribution in [1.82, 2.24) is 30.6 Å². The Morgan fingerprint density at radius 2 is 2.15 bits per heavy atom. The number of H-pyrrole nitrogens is 1. The van der Waals surface area contributed by atoms with E-state index in [0.717, 1.165) is 37.4 Å². The summed E-state index contributed by atoms with van der Waals surface area (Å²) < 4.78 is 2.00. The van der Waals surface area contributed by atoms with Crippen molar-refractivity contribution in [2.24, 2.45) is 0 Å². The molecule has 3 N–H and O–H groups in total. The molecule has 8 heteroatoms. The van der Waals surface area contributed by atoms with Gasteiger partial charge in [-0.1, -0.05) is 18.2 Å². The molecule has 27 heavy (non-hydrogen) atoms. The first-order chi connectivity index (χ1) is 13.1. The van der Waals surface area contributed by atoms with Gasteiger partial charge in [-0.25, -0.2) is 5.10 Å². The van der Waals surface area contributed by atoms with Gasteiger partial charge in [-0.15, -0.1) is 0 Å². The van der Waals surface area contributed by atoms with Gasteiger partial charge in [0, 0.05) is 18.5 Å². The lowest BCUT2D eigenvalue weighted by molar-refractivity contribution is -0.122. The van der Waals surface area contributed by atoms with Crippen LogP contribution in [0.3, 0.4) is 0 Å². The van der Waals surface area contributed by atoms with Gasteiger partial charge in [0.25, 0.3) is 5.56 Å². The van der Waals surface area contributed by atoms with Crippen LogP contribution in [0, 0.1) is 0 Å². The quantitative estimate of drug-likeness (QED) is 0.640. The number of amides is 1. The van der Waals surface area contributed by atoms with E-state index in [1.807, 2.05) is 22.9 Å². The van der Waals surface area contributed by atoms with E-state index < -0.39 is 5.92 Å². The van der Waals surface area contributed by atoms with Gasteiger partial charge < -0.3 is 10.6 Å². The largest absolute Gasteiger partial charge is 0.350 e. The fourth-order valence-electron chi connectivity index (χ4n) is 3.43. The highest BCUT2D eigenvalue weighted by Crippen LogP contribution is 2.21.